The summed E-state index contributed by atoms with van der Waals surface area (Å²) >= 11 is 0. The first-order valence-electron chi connectivity index (χ1n) is 7.68. The van der Waals surface area contributed by atoms with Crippen molar-refractivity contribution in [1.29, 1.82) is 0 Å². The van der Waals surface area contributed by atoms with Crippen LogP contribution in [-0.2, 0) is 11.2 Å². The Bertz CT molecular complexity index is 416. The summed E-state index contributed by atoms with van der Waals surface area (Å²) in [5, 5.41) is 9.57. The molecule has 1 heterocycles. The Labute approximate surface area is 121 Å². The van der Waals surface area contributed by atoms with Gasteiger partial charge in [-0.05, 0) is 44.6 Å². The maximum atomic E-state index is 12.4. The standard InChI is InChI=1S/C17H25NO2/c1-14(19)13-16-9-5-6-12-18(16)17(20)11-10-15-7-3-2-4-8-15/h2-4,7-8,14,16,19H,5-6,9-13H2,1H3. The number of carbonyl (C=O) groups is 1. The Morgan fingerprint density at radius 2 is 2.10 bits per heavy atom. The molecule has 1 saturated heterocycles. The minimum atomic E-state index is -0.331. The quantitative estimate of drug-likeness (QED) is 0.897. The highest BCUT2D eigenvalue weighted by molar-refractivity contribution is 5.77. The maximum absolute atomic E-state index is 12.4. The SMILES string of the molecule is CC(O)CC1CCCCN1C(=O)CCc1ccccc1. The summed E-state index contributed by atoms with van der Waals surface area (Å²) in [4.78, 5) is 14.4. The van der Waals surface area contributed by atoms with Crippen LogP contribution >= 0.6 is 0 Å². The molecule has 0 aromatic heterocycles. The number of aliphatic hydroxyl groups excluding tert-OH is 1. The van der Waals surface area contributed by atoms with Crippen LogP contribution in [0.4, 0.5) is 0 Å². The van der Waals surface area contributed by atoms with Crippen molar-refractivity contribution in [2.45, 2.75) is 57.6 Å². The van der Waals surface area contributed by atoms with Crippen LogP contribution in [0.15, 0.2) is 30.3 Å². The van der Waals surface area contributed by atoms with E-state index in [1.165, 1.54) is 12.0 Å². The van der Waals surface area contributed by atoms with E-state index in [0.29, 0.717) is 12.8 Å². The van der Waals surface area contributed by atoms with E-state index < -0.39 is 0 Å². The van der Waals surface area contributed by atoms with Gasteiger partial charge in [0.1, 0.15) is 0 Å². The highest BCUT2D eigenvalue weighted by Gasteiger charge is 2.27. The molecule has 1 amide bonds. The van der Waals surface area contributed by atoms with Crippen LogP contribution in [0.5, 0.6) is 0 Å². The third-order valence-electron chi connectivity index (χ3n) is 4.03. The molecule has 2 atom stereocenters. The lowest BCUT2D eigenvalue weighted by Crippen LogP contribution is -2.45. The summed E-state index contributed by atoms with van der Waals surface area (Å²) < 4.78 is 0. The van der Waals surface area contributed by atoms with E-state index in [-0.39, 0.29) is 18.1 Å². The Morgan fingerprint density at radius 3 is 2.80 bits per heavy atom. The molecule has 1 aromatic carbocycles. The number of amides is 1. The number of benzene rings is 1. The molecule has 3 heteroatoms. The minimum Gasteiger partial charge on any atom is -0.393 e. The molecule has 0 aliphatic carbocycles. The second-order valence-electron chi connectivity index (χ2n) is 5.81. The molecule has 1 N–H and O–H groups in total. The van der Waals surface area contributed by atoms with E-state index >= 15 is 0 Å². The zero-order chi connectivity index (χ0) is 14.4. The maximum Gasteiger partial charge on any atom is 0.223 e. The zero-order valence-electron chi connectivity index (χ0n) is 12.3. The molecule has 1 aliphatic heterocycles. The van der Waals surface area contributed by atoms with E-state index in [1.807, 2.05) is 23.1 Å². The number of aliphatic hydroxyl groups is 1. The summed E-state index contributed by atoms with van der Waals surface area (Å²) in [6, 6.07) is 10.4. The number of piperidine rings is 1. The fourth-order valence-electron chi connectivity index (χ4n) is 3.01. The normalized spacial score (nSPS) is 20.7. The molecule has 3 nitrogen and oxygen atoms in total. The summed E-state index contributed by atoms with van der Waals surface area (Å²) in [6.45, 7) is 2.66. The predicted octanol–water partition coefficient (Wildman–Crippen LogP) is 2.77. The number of nitrogens with zero attached hydrogens (tertiary/aromatic N) is 1. The van der Waals surface area contributed by atoms with Gasteiger partial charge in [-0.3, -0.25) is 4.79 Å². The fraction of sp³-hybridized carbons (Fsp3) is 0.588. The van der Waals surface area contributed by atoms with Crippen molar-refractivity contribution in [3.63, 3.8) is 0 Å². The highest BCUT2D eigenvalue weighted by atomic mass is 16.3. The van der Waals surface area contributed by atoms with Crippen LogP contribution in [0.3, 0.4) is 0 Å². The van der Waals surface area contributed by atoms with Crippen LogP contribution in [0, 0.1) is 0 Å². The van der Waals surface area contributed by atoms with Crippen molar-refractivity contribution in [3.05, 3.63) is 35.9 Å². The number of hydrogen-bond acceptors (Lipinski definition) is 2. The van der Waals surface area contributed by atoms with Gasteiger partial charge in [0.05, 0.1) is 6.10 Å². The van der Waals surface area contributed by atoms with Crippen LogP contribution < -0.4 is 0 Å². The molecule has 0 saturated carbocycles. The predicted molar refractivity (Wildman–Crippen MR) is 80.4 cm³/mol. The lowest BCUT2D eigenvalue weighted by atomic mass is 9.96. The van der Waals surface area contributed by atoms with Gasteiger partial charge in [-0.15, -0.1) is 0 Å². The van der Waals surface area contributed by atoms with Crippen LogP contribution in [0.25, 0.3) is 0 Å². The molecule has 0 bridgehead atoms. The molecule has 2 rings (SSSR count). The van der Waals surface area contributed by atoms with Crippen molar-refractivity contribution >= 4 is 5.91 Å². The average molecular weight is 275 g/mol. The summed E-state index contributed by atoms with van der Waals surface area (Å²) in [6.07, 6.45) is 5.03. The molecular weight excluding hydrogens is 250 g/mol. The topological polar surface area (TPSA) is 40.5 Å². The molecule has 20 heavy (non-hydrogen) atoms. The smallest absolute Gasteiger partial charge is 0.223 e. The van der Waals surface area contributed by atoms with E-state index in [1.54, 1.807) is 6.92 Å². The number of carbonyl (C=O) groups excluding carboxylic acids is 1. The van der Waals surface area contributed by atoms with E-state index in [9.17, 15) is 9.90 Å². The number of hydrogen-bond donors (Lipinski definition) is 1. The highest BCUT2D eigenvalue weighted by Crippen LogP contribution is 2.22. The van der Waals surface area contributed by atoms with Crippen LogP contribution in [0.1, 0.15) is 44.6 Å². The Morgan fingerprint density at radius 1 is 1.35 bits per heavy atom. The van der Waals surface area contributed by atoms with Gasteiger partial charge < -0.3 is 10.0 Å². The lowest BCUT2D eigenvalue weighted by molar-refractivity contribution is -0.135. The number of aryl methyl sites for hydroxylation is 1. The Hall–Kier alpha value is -1.35. The Balaban J connectivity index is 1.89. The second kappa shape index (κ2) is 7.44. The van der Waals surface area contributed by atoms with Gasteiger partial charge >= 0.3 is 0 Å². The summed E-state index contributed by atoms with van der Waals surface area (Å²) in [5.41, 5.74) is 1.21. The molecule has 2 unspecified atom stereocenters. The van der Waals surface area contributed by atoms with Gasteiger partial charge in [0, 0.05) is 19.0 Å². The zero-order valence-corrected chi connectivity index (χ0v) is 12.3. The molecule has 1 aliphatic rings. The van der Waals surface area contributed by atoms with Gasteiger partial charge in [0.25, 0.3) is 0 Å². The number of rotatable bonds is 5. The third-order valence-corrected chi connectivity index (χ3v) is 4.03. The fourth-order valence-corrected chi connectivity index (χ4v) is 3.01. The second-order valence-corrected chi connectivity index (χ2v) is 5.81. The van der Waals surface area contributed by atoms with Gasteiger partial charge in [-0.2, -0.15) is 0 Å². The minimum absolute atomic E-state index is 0.229. The van der Waals surface area contributed by atoms with Gasteiger partial charge in [-0.25, -0.2) is 0 Å². The van der Waals surface area contributed by atoms with Gasteiger partial charge in [0.15, 0.2) is 0 Å². The van der Waals surface area contributed by atoms with Crippen LogP contribution in [0.2, 0.25) is 0 Å². The van der Waals surface area contributed by atoms with E-state index in [2.05, 4.69) is 12.1 Å². The van der Waals surface area contributed by atoms with Crippen molar-refractivity contribution in [1.82, 2.24) is 4.90 Å². The van der Waals surface area contributed by atoms with Crippen molar-refractivity contribution in [3.8, 4) is 0 Å². The third kappa shape index (κ3) is 4.34. The van der Waals surface area contributed by atoms with E-state index in [4.69, 9.17) is 0 Å². The molecule has 1 fully saturated rings. The summed E-state index contributed by atoms with van der Waals surface area (Å²) in [7, 11) is 0. The summed E-state index contributed by atoms with van der Waals surface area (Å²) in [5.74, 6) is 0.235. The first kappa shape index (κ1) is 15.0. The van der Waals surface area contributed by atoms with E-state index in [0.717, 1.165) is 25.8 Å². The number of likely N-dealkylation sites (tertiary alicyclic amines) is 1. The molecule has 0 radical (unpaired) electrons. The molecule has 110 valence electrons. The monoisotopic (exact) mass is 275 g/mol. The first-order chi connectivity index (χ1) is 9.66. The lowest BCUT2D eigenvalue weighted by Gasteiger charge is -2.36. The van der Waals surface area contributed by atoms with Gasteiger partial charge in [0.2, 0.25) is 5.91 Å². The Kier molecular flexibility index (Phi) is 5.60. The van der Waals surface area contributed by atoms with Crippen molar-refractivity contribution in [2.75, 3.05) is 6.54 Å². The molecule has 0 spiro atoms. The molecular formula is C17H25NO2. The van der Waals surface area contributed by atoms with Crippen molar-refractivity contribution in [2.24, 2.45) is 0 Å². The first-order valence-corrected chi connectivity index (χ1v) is 7.68. The molecule has 1 aromatic rings. The van der Waals surface area contributed by atoms with Gasteiger partial charge in [-0.1, -0.05) is 30.3 Å². The average Bonchev–Trinajstić information content (AvgIpc) is 2.46. The van der Waals surface area contributed by atoms with Crippen molar-refractivity contribution < 1.29 is 9.90 Å². The largest absolute Gasteiger partial charge is 0.393 e. The van der Waals surface area contributed by atoms with Crippen LogP contribution in [-0.4, -0.2) is 34.6 Å².